The number of rotatable bonds is 19. The first-order valence-electron chi connectivity index (χ1n) is 13.2. The molecule has 1 rings (SSSR count). The number of carbonyl (C=O) groups is 2. The quantitative estimate of drug-likeness (QED) is 0.0711. The van der Waals surface area contributed by atoms with Crippen molar-refractivity contribution in [2.75, 3.05) is 13.2 Å². The minimum Gasteiger partial charge on any atom is -0.464 e. The maximum absolute atomic E-state index is 13.5. The van der Waals surface area contributed by atoms with Gasteiger partial charge in [0.2, 0.25) is 0 Å². The zero-order chi connectivity index (χ0) is 26.8. The summed E-state index contributed by atoms with van der Waals surface area (Å²) >= 11 is 8.91. The van der Waals surface area contributed by atoms with Crippen molar-refractivity contribution in [1.82, 2.24) is 4.90 Å². The summed E-state index contributed by atoms with van der Waals surface area (Å²) in [5.41, 5.74) is 0.891. The molecule has 36 heavy (non-hydrogen) atoms. The van der Waals surface area contributed by atoms with E-state index in [1.165, 1.54) is 24.2 Å². The van der Waals surface area contributed by atoms with Crippen molar-refractivity contribution >= 4 is 54.7 Å². The Morgan fingerprint density at radius 1 is 0.944 bits per heavy atom. The molecule has 5 nitrogen and oxygen atoms in total. The van der Waals surface area contributed by atoms with E-state index in [1.54, 1.807) is 23.5 Å². The Morgan fingerprint density at radius 3 is 2.08 bits per heavy atom. The normalized spacial score (nSPS) is 14.6. The fourth-order valence-corrected chi connectivity index (χ4v) is 9.13. The Bertz CT molecular complexity index is 757. The first kappa shape index (κ1) is 33.2. The summed E-state index contributed by atoms with van der Waals surface area (Å²) in [4.78, 5) is 27.9. The SMILES string of the molecule is CCCCCCCCOC(=O)CN(C(=O)OCc1ccccc1)C(P=S)(SC(C)CC)SC(C)CC. The van der Waals surface area contributed by atoms with Gasteiger partial charge in [0.1, 0.15) is 13.2 Å². The Labute approximate surface area is 234 Å². The van der Waals surface area contributed by atoms with Gasteiger partial charge in [0.25, 0.3) is 0 Å². The molecule has 0 spiro atoms. The first-order valence-corrected chi connectivity index (χ1v) is 16.8. The maximum Gasteiger partial charge on any atom is 0.413 e. The van der Waals surface area contributed by atoms with Crippen LogP contribution in [0.2, 0.25) is 0 Å². The molecule has 0 heterocycles. The van der Waals surface area contributed by atoms with E-state index in [4.69, 9.17) is 21.3 Å². The second-order valence-corrected chi connectivity index (χ2v) is 14.4. The Morgan fingerprint density at radius 2 is 1.53 bits per heavy atom. The summed E-state index contributed by atoms with van der Waals surface area (Å²) in [5.74, 6) is -0.419. The van der Waals surface area contributed by atoms with E-state index in [0.29, 0.717) is 14.0 Å². The van der Waals surface area contributed by atoms with Crippen LogP contribution in [0, 0.1) is 0 Å². The summed E-state index contributed by atoms with van der Waals surface area (Å²) in [7, 11) is 0.577. The van der Waals surface area contributed by atoms with E-state index in [0.717, 1.165) is 37.7 Å². The fourth-order valence-electron chi connectivity index (χ4n) is 3.26. The van der Waals surface area contributed by atoms with Crippen LogP contribution in [-0.4, -0.2) is 44.6 Å². The highest BCUT2D eigenvalue weighted by Crippen LogP contribution is 2.53. The van der Waals surface area contributed by atoms with Crippen molar-refractivity contribution in [3.05, 3.63) is 35.9 Å². The molecule has 0 saturated heterocycles. The molecule has 0 aliphatic rings. The van der Waals surface area contributed by atoms with Crippen molar-refractivity contribution < 1.29 is 19.1 Å². The van der Waals surface area contributed by atoms with Gasteiger partial charge in [-0.3, -0.25) is 9.69 Å². The number of amides is 1. The lowest BCUT2D eigenvalue weighted by molar-refractivity contribution is -0.144. The molecule has 1 aromatic carbocycles. The fraction of sp³-hybridized carbons (Fsp3) is 0.704. The van der Waals surface area contributed by atoms with Crippen molar-refractivity contribution in [1.29, 1.82) is 0 Å². The lowest BCUT2D eigenvalue weighted by Crippen LogP contribution is -2.48. The molecule has 2 atom stereocenters. The zero-order valence-corrected chi connectivity index (χ0v) is 25.9. The molecule has 204 valence electrons. The van der Waals surface area contributed by atoms with Gasteiger partial charge in [0.15, 0.2) is 3.94 Å². The number of benzene rings is 1. The van der Waals surface area contributed by atoms with Gasteiger partial charge >= 0.3 is 12.1 Å². The van der Waals surface area contributed by atoms with Gasteiger partial charge in [-0.05, 0) is 24.8 Å². The molecule has 0 aliphatic carbocycles. The van der Waals surface area contributed by atoms with Gasteiger partial charge in [-0.1, -0.05) is 109 Å². The van der Waals surface area contributed by atoms with Crippen LogP contribution in [0.25, 0.3) is 0 Å². The van der Waals surface area contributed by atoms with Gasteiger partial charge in [0.05, 0.1) is 6.61 Å². The van der Waals surface area contributed by atoms with Crippen LogP contribution < -0.4 is 0 Å². The molecular formula is C27H44NO4PS3. The number of thioether (sulfide) groups is 2. The van der Waals surface area contributed by atoms with Crippen molar-refractivity contribution in [2.45, 2.75) is 107 Å². The van der Waals surface area contributed by atoms with E-state index in [1.807, 2.05) is 30.3 Å². The number of nitrogens with zero attached hydrogens (tertiary/aromatic N) is 1. The van der Waals surface area contributed by atoms with Gasteiger partial charge in [-0.25, -0.2) is 4.79 Å². The molecule has 0 aliphatic heterocycles. The molecule has 0 fully saturated rings. The third-order valence-electron chi connectivity index (χ3n) is 5.79. The van der Waals surface area contributed by atoms with Crippen molar-refractivity contribution in [3.8, 4) is 0 Å². The summed E-state index contributed by atoms with van der Waals surface area (Å²) in [6.45, 7) is 11.0. The lowest BCUT2D eigenvalue weighted by atomic mass is 10.1. The third kappa shape index (κ3) is 12.6. The molecule has 0 aromatic heterocycles. The standard InChI is InChI=1S/C27H44NO4PS3/c1-6-9-10-11-12-16-19-31-25(29)20-28(26(30)32-21-24-17-14-13-15-18-24)27(33-34,35-22(4)7-2)36-23(5)8-3/h13-15,17-18,22-23H,6-12,16,19-21H2,1-5H3. The molecule has 0 bridgehead atoms. The number of esters is 1. The zero-order valence-electron chi connectivity index (χ0n) is 22.6. The summed E-state index contributed by atoms with van der Waals surface area (Å²) in [5, 5.41) is 0.501. The average molecular weight is 574 g/mol. The molecule has 2 unspecified atom stereocenters. The highest BCUT2D eigenvalue weighted by molar-refractivity contribution is 8.27. The Hall–Kier alpha value is -0.820. The van der Waals surface area contributed by atoms with Crippen LogP contribution in [0.4, 0.5) is 4.79 Å². The molecule has 1 amide bonds. The molecular weight excluding hydrogens is 529 g/mol. The smallest absolute Gasteiger partial charge is 0.413 e. The first-order chi connectivity index (χ1) is 17.3. The lowest BCUT2D eigenvalue weighted by Gasteiger charge is -2.40. The average Bonchev–Trinajstić information content (AvgIpc) is 2.89. The number of carbonyl (C=O) groups excluding carboxylic acids is 2. The number of hydrogen-bond donors (Lipinski definition) is 0. The van der Waals surface area contributed by atoms with E-state index in [-0.39, 0.29) is 23.7 Å². The van der Waals surface area contributed by atoms with Gasteiger partial charge in [0, 0.05) is 17.9 Å². The second-order valence-electron chi connectivity index (χ2n) is 8.93. The van der Waals surface area contributed by atoms with E-state index in [9.17, 15) is 9.59 Å². The second kappa shape index (κ2) is 19.3. The predicted octanol–water partition coefficient (Wildman–Crippen LogP) is 8.61. The third-order valence-corrected chi connectivity index (χ3v) is 12.0. The largest absolute Gasteiger partial charge is 0.464 e. The highest BCUT2D eigenvalue weighted by Gasteiger charge is 2.44. The molecule has 0 N–H and O–H groups in total. The van der Waals surface area contributed by atoms with Crippen molar-refractivity contribution in [3.63, 3.8) is 0 Å². The number of ether oxygens (including phenoxy) is 2. The minimum atomic E-state index is -0.826. The number of hydrogen-bond acceptors (Lipinski definition) is 7. The van der Waals surface area contributed by atoms with Gasteiger partial charge in [-0.15, -0.1) is 23.5 Å². The maximum atomic E-state index is 13.5. The molecule has 0 radical (unpaired) electrons. The van der Waals surface area contributed by atoms with E-state index in [2.05, 4.69) is 34.6 Å². The summed E-state index contributed by atoms with van der Waals surface area (Å²) in [6, 6.07) is 9.55. The Kier molecular flexibility index (Phi) is 17.8. The van der Waals surface area contributed by atoms with E-state index >= 15 is 0 Å². The van der Waals surface area contributed by atoms with Crippen LogP contribution >= 0.6 is 30.9 Å². The summed E-state index contributed by atoms with van der Waals surface area (Å²) < 4.78 is 10.4. The van der Waals surface area contributed by atoms with Crippen LogP contribution in [0.15, 0.2) is 30.3 Å². The van der Waals surface area contributed by atoms with Crippen LogP contribution in [-0.2, 0) is 32.7 Å². The minimum absolute atomic E-state index is 0.134. The van der Waals surface area contributed by atoms with Gasteiger partial charge in [-0.2, -0.15) is 0 Å². The van der Waals surface area contributed by atoms with Crippen molar-refractivity contribution in [2.24, 2.45) is 0 Å². The van der Waals surface area contributed by atoms with Crippen LogP contribution in [0.5, 0.6) is 0 Å². The summed E-state index contributed by atoms with van der Waals surface area (Å²) in [6.07, 6.45) is 7.99. The molecule has 1 aromatic rings. The predicted molar refractivity (Wildman–Crippen MR) is 159 cm³/mol. The monoisotopic (exact) mass is 573 g/mol. The van der Waals surface area contributed by atoms with Crippen LogP contribution in [0.3, 0.4) is 0 Å². The molecule has 9 heteroatoms. The van der Waals surface area contributed by atoms with Gasteiger partial charge < -0.3 is 9.47 Å². The van der Waals surface area contributed by atoms with Crippen LogP contribution in [0.1, 0.15) is 91.5 Å². The molecule has 0 saturated carbocycles. The Balaban J connectivity index is 3.03. The highest BCUT2D eigenvalue weighted by atomic mass is 32.4. The number of unbranched alkanes of at least 4 members (excludes halogenated alkanes) is 5. The topological polar surface area (TPSA) is 55.8 Å². The van der Waals surface area contributed by atoms with E-state index < -0.39 is 16.0 Å².